The summed E-state index contributed by atoms with van der Waals surface area (Å²) in [5.74, 6) is 1.42. The molecule has 1 aromatic heterocycles. The van der Waals surface area contributed by atoms with E-state index in [1.807, 2.05) is 47.0 Å². The predicted octanol–water partition coefficient (Wildman–Crippen LogP) is 3.40. The van der Waals surface area contributed by atoms with Crippen LogP contribution in [0.25, 0.3) is 10.9 Å². The van der Waals surface area contributed by atoms with Gasteiger partial charge in [0, 0.05) is 42.3 Å². The molecule has 2 saturated heterocycles. The second-order valence-electron chi connectivity index (χ2n) is 9.75. The number of carbonyl (C=O) groups excluding carboxylic acids is 2. The van der Waals surface area contributed by atoms with Gasteiger partial charge in [0.1, 0.15) is 11.9 Å². The lowest BCUT2D eigenvalue weighted by molar-refractivity contribution is -0.113. The molecular formula is C27H28N4O5S. The molecule has 0 unspecified atom stereocenters. The van der Waals surface area contributed by atoms with E-state index < -0.39 is 0 Å². The van der Waals surface area contributed by atoms with Crippen LogP contribution in [0.2, 0.25) is 0 Å². The number of methoxy groups -OCH3 is 1. The van der Waals surface area contributed by atoms with Gasteiger partial charge in [0.05, 0.1) is 30.6 Å². The summed E-state index contributed by atoms with van der Waals surface area (Å²) in [7, 11) is 1.63. The normalized spacial score (nSPS) is 21.7. The van der Waals surface area contributed by atoms with Gasteiger partial charge in [0.25, 0.3) is 5.56 Å². The fraction of sp³-hybridized carbons (Fsp3) is 0.370. The maximum absolute atomic E-state index is 12.7. The van der Waals surface area contributed by atoms with Gasteiger partial charge in [0.15, 0.2) is 0 Å². The molecule has 3 aliphatic heterocycles. The van der Waals surface area contributed by atoms with Gasteiger partial charge >= 0.3 is 6.09 Å². The minimum Gasteiger partial charge on any atom is -0.497 e. The van der Waals surface area contributed by atoms with Gasteiger partial charge in [-0.3, -0.25) is 19.4 Å². The number of carbonyl (C=O) groups is 2. The van der Waals surface area contributed by atoms with Gasteiger partial charge in [-0.1, -0.05) is 0 Å². The van der Waals surface area contributed by atoms with E-state index in [9.17, 15) is 14.4 Å². The number of aromatic nitrogens is 1. The van der Waals surface area contributed by atoms with E-state index in [-0.39, 0.29) is 23.7 Å². The third-order valence-corrected chi connectivity index (χ3v) is 8.33. The summed E-state index contributed by atoms with van der Waals surface area (Å²) in [5, 5.41) is 3.88. The summed E-state index contributed by atoms with van der Waals surface area (Å²) < 4.78 is 12.9. The molecular weight excluding hydrogens is 492 g/mol. The van der Waals surface area contributed by atoms with E-state index in [1.165, 1.54) is 11.8 Å². The number of fused-ring (bicyclic) bond motifs is 2. The molecule has 37 heavy (non-hydrogen) atoms. The first-order chi connectivity index (χ1) is 18.0. The third kappa shape index (κ3) is 4.78. The number of nitrogens with zero attached hydrogens (tertiary/aromatic N) is 3. The smallest absolute Gasteiger partial charge is 0.414 e. The maximum Gasteiger partial charge on any atom is 0.414 e. The van der Waals surface area contributed by atoms with Crippen molar-refractivity contribution in [2.75, 3.05) is 49.3 Å². The summed E-state index contributed by atoms with van der Waals surface area (Å²) in [5.41, 5.74) is 2.32. The van der Waals surface area contributed by atoms with E-state index in [4.69, 9.17) is 9.47 Å². The lowest BCUT2D eigenvalue weighted by Crippen LogP contribution is -2.34. The number of pyridine rings is 1. The quantitative estimate of drug-likeness (QED) is 0.533. The van der Waals surface area contributed by atoms with Gasteiger partial charge in [0.2, 0.25) is 5.91 Å². The van der Waals surface area contributed by atoms with Crippen LogP contribution in [-0.2, 0) is 16.1 Å². The van der Waals surface area contributed by atoms with Crippen LogP contribution < -0.4 is 20.5 Å². The Balaban J connectivity index is 1.10. The van der Waals surface area contributed by atoms with E-state index in [1.54, 1.807) is 18.1 Å². The second-order valence-corrected chi connectivity index (χ2v) is 10.8. The topological polar surface area (TPSA) is 93.1 Å². The molecule has 0 bridgehead atoms. The third-order valence-electron chi connectivity index (χ3n) is 7.25. The monoisotopic (exact) mass is 520 g/mol. The Morgan fingerprint density at radius 2 is 1.92 bits per heavy atom. The number of amides is 2. The van der Waals surface area contributed by atoms with Crippen LogP contribution >= 0.6 is 11.8 Å². The average Bonchev–Trinajstić information content (AvgIpc) is 3.50. The van der Waals surface area contributed by atoms with Gasteiger partial charge in [-0.2, -0.15) is 0 Å². The lowest BCUT2D eigenvalue weighted by atomic mass is 10.1. The van der Waals surface area contributed by atoms with Gasteiger partial charge < -0.3 is 19.4 Å². The molecule has 2 fully saturated rings. The minimum atomic E-state index is -0.369. The molecule has 2 aromatic carbocycles. The largest absolute Gasteiger partial charge is 0.497 e. The summed E-state index contributed by atoms with van der Waals surface area (Å²) in [4.78, 5) is 42.1. The summed E-state index contributed by atoms with van der Waals surface area (Å²) >= 11 is 1.49. The molecule has 10 heteroatoms. The van der Waals surface area contributed by atoms with Crippen LogP contribution in [0.4, 0.5) is 16.2 Å². The summed E-state index contributed by atoms with van der Waals surface area (Å²) in [6.45, 7) is 3.47. The van der Waals surface area contributed by atoms with Crippen molar-refractivity contribution in [3.05, 3.63) is 58.9 Å². The number of hydrogen-bond donors (Lipinski definition) is 1. The highest BCUT2D eigenvalue weighted by atomic mass is 32.2. The van der Waals surface area contributed by atoms with Crippen molar-refractivity contribution < 1.29 is 19.1 Å². The van der Waals surface area contributed by atoms with Crippen LogP contribution in [0.3, 0.4) is 0 Å². The molecule has 3 aliphatic rings. The molecule has 0 spiro atoms. The molecule has 192 valence electrons. The SMILES string of the molecule is COc1ccc2ccc(=O)n(C[C@H]3CCN(C[C@@H]4CN(c5ccc6c(c5)NC(=O)CS6)C(=O)O4)C3)c2c1. The number of ether oxygens (including phenoxy) is 2. The molecule has 0 aliphatic carbocycles. The summed E-state index contributed by atoms with van der Waals surface area (Å²) in [6.07, 6.45) is 0.363. The van der Waals surface area contributed by atoms with Crippen molar-refractivity contribution in [2.45, 2.75) is 24.0 Å². The fourth-order valence-electron chi connectivity index (χ4n) is 5.42. The van der Waals surface area contributed by atoms with Gasteiger partial charge in [-0.15, -0.1) is 11.8 Å². The first kappa shape index (κ1) is 23.9. The van der Waals surface area contributed by atoms with Crippen molar-refractivity contribution in [1.29, 1.82) is 0 Å². The zero-order valence-corrected chi connectivity index (χ0v) is 21.3. The number of thioether (sulfide) groups is 1. The Labute approximate surface area is 218 Å². The van der Waals surface area contributed by atoms with E-state index in [2.05, 4.69) is 10.2 Å². The van der Waals surface area contributed by atoms with Crippen molar-refractivity contribution in [2.24, 2.45) is 5.92 Å². The Morgan fingerprint density at radius 1 is 1.05 bits per heavy atom. The molecule has 6 rings (SSSR count). The Bertz CT molecular complexity index is 1440. The second kappa shape index (κ2) is 9.75. The number of cyclic esters (lactones) is 1. The van der Waals surface area contributed by atoms with E-state index in [0.29, 0.717) is 31.3 Å². The van der Waals surface area contributed by atoms with Crippen molar-refractivity contribution in [3.8, 4) is 5.75 Å². The van der Waals surface area contributed by atoms with Gasteiger partial charge in [-0.25, -0.2) is 4.79 Å². The summed E-state index contributed by atoms with van der Waals surface area (Å²) in [6, 6.07) is 14.9. The predicted molar refractivity (Wildman–Crippen MR) is 143 cm³/mol. The molecule has 0 radical (unpaired) electrons. The Morgan fingerprint density at radius 3 is 2.78 bits per heavy atom. The van der Waals surface area contributed by atoms with E-state index >= 15 is 0 Å². The first-order valence-corrected chi connectivity index (χ1v) is 13.4. The lowest BCUT2D eigenvalue weighted by Gasteiger charge is -2.21. The zero-order chi connectivity index (χ0) is 25.5. The first-order valence-electron chi connectivity index (χ1n) is 12.4. The molecule has 1 N–H and O–H groups in total. The standard InChI is InChI=1S/C27H28N4O5S/c1-35-20-5-2-18-3-7-26(33)31(23(18)11-20)13-17-8-9-29(12-17)14-21-15-30(27(34)36-21)19-4-6-24-22(10-19)28-25(32)16-37-24/h2-7,10-11,17,21H,8-9,12-16H2,1H3,(H,28,32)/t17-,21+/m0/s1. The minimum absolute atomic E-state index is 0.0146. The molecule has 2 amide bonds. The zero-order valence-electron chi connectivity index (χ0n) is 20.5. The fourth-order valence-corrected chi connectivity index (χ4v) is 6.21. The van der Waals surface area contributed by atoms with Crippen molar-refractivity contribution >= 4 is 46.0 Å². The number of nitrogens with one attached hydrogen (secondary N) is 1. The average molecular weight is 521 g/mol. The molecule has 0 saturated carbocycles. The van der Waals surface area contributed by atoms with Crippen LogP contribution in [0, 0.1) is 5.92 Å². The molecule has 4 heterocycles. The van der Waals surface area contributed by atoms with Crippen LogP contribution in [0.5, 0.6) is 5.75 Å². The van der Waals surface area contributed by atoms with Crippen LogP contribution in [0.1, 0.15) is 6.42 Å². The molecule has 9 nitrogen and oxygen atoms in total. The van der Waals surface area contributed by atoms with Crippen molar-refractivity contribution in [3.63, 3.8) is 0 Å². The number of benzene rings is 2. The Hall–Kier alpha value is -3.50. The number of likely N-dealkylation sites (tertiary alicyclic amines) is 1. The molecule has 3 aromatic rings. The van der Waals surface area contributed by atoms with Gasteiger partial charge in [-0.05, 0) is 60.7 Å². The number of anilines is 2. The van der Waals surface area contributed by atoms with Crippen LogP contribution in [-0.4, -0.2) is 66.6 Å². The number of rotatable bonds is 6. The maximum atomic E-state index is 12.7. The highest BCUT2D eigenvalue weighted by Crippen LogP contribution is 2.35. The van der Waals surface area contributed by atoms with Crippen LogP contribution in [0.15, 0.2) is 58.2 Å². The highest BCUT2D eigenvalue weighted by Gasteiger charge is 2.35. The number of hydrogen-bond acceptors (Lipinski definition) is 7. The highest BCUT2D eigenvalue weighted by molar-refractivity contribution is 8.00. The van der Waals surface area contributed by atoms with Crippen molar-refractivity contribution in [1.82, 2.24) is 9.47 Å². The Kier molecular flexibility index (Phi) is 6.29. The van der Waals surface area contributed by atoms with E-state index in [0.717, 1.165) is 52.4 Å². The molecule has 2 atom stereocenters.